The van der Waals surface area contributed by atoms with Gasteiger partial charge in [-0.25, -0.2) is 0 Å². The highest BCUT2D eigenvalue weighted by molar-refractivity contribution is 5.95. The summed E-state index contributed by atoms with van der Waals surface area (Å²) in [6.07, 6.45) is 3.51. The summed E-state index contributed by atoms with van der Waals surface area (Å²) in [6, 6.07) is 5.20. The van der Waals surface area contributed by atoms with E-state index >= 15 is 0 Å². The number of piperidine rings is 1. The Labute approximate surface area is 178 Å². The number of ether oxygens (including phenoxy) is 2. The van der Waals surface area contributed by atoms with Crippen LogP contribution in [0.5, 0.6) is 5.75 Å². The molecule has 0 bridgehead atoms. The van der Waals surface area contributed by atoms with Gasteiger partial charge in [-0.05, 0) is 63.0 Å². The van der Waals surface area contributed by atoms with E-state index in [0.29, 0.717) is 23.7 Å². The molecule has 8 heteroatoms. The smallest absolute Gasteiger partial charge is 0.238 e. The van der Waals surface area contributed by atoms with E-state index in [1.807, 2.05) is 0 Å². The van der Waals surface area contributed by atoms with Crippen LogP contribution in [0.1, 0.15) is 26.2 Å². The van der Waals surface area contributed by atoms with Crippen molar-refractivity contribution in [2.45, 2.75) is 26.2 Å². The Morgan fingerprint density at radius 3 is 2.50 bits per heavy atom. The molecule has 0 spiro atoms. The normalized spacial score (nSPS) is 18.7. The summed E-state index contributed by atoms with van der Waals surface area (Å²) in [4.78, 5) is 28.6. The molecule has 166 valence electrons. The molecule has 2 N–H and O–H groups in total. The van der Waals surface area contributed by atoms with Gasteiger partial charge in [0.05, 0.1) is 32.6 Å². The maximum Gasteiger partial charge on any atom is 0.238 e. The minimum atomic E-state index is -0.158. The Kier molecular flexibility index (Phi) is 8.48. The molecule has 0 saturated carbocycles. The third kappa shape index (κ3) is 6.97. The van der Waals surface area contributed by atoms with Crippen molar-refractivity contribution in [1.82, 2.24) is 9.80 Å². The number of rotatable bonds is 8. The van der Waals surface area contributed by atoms with Crippen LogP contribution >= 0.6 is 0 Å². The Bertz CT molecular complexity index is 713. The average molecular weight is 419 g/mol. The molecule has 0 aromatic heterocycles. The average Bonchev–Trinajstić information content (AvgIpc) is 2.74. The standard InChI is InChI=1S/C22H34N4O4/c1-17(27)23-19-3-4-21(29-2)20(15-19)24-22(28)16-26-9-6-18(7-10-26)5-8-25-11-13-30-14-12-25/h3-4,15,18H,5-14,16H2,1-2H3,(H,23,27)(H,24,28). The lowest BCUT2D eigenvalue weighted by atomic mass is 9.93. The first kappa shape index (κ1) is 22.5. The maximum absolute atomic E-state index is 12.6. The van der Waals surface area contributed by atoms with Gasteiger partial charge < -0.3 is 20.1 Å². The number of likely N-dealkylation sites (tertiary alicyclic amines) is 1. The van der Waals surface area contributed by atoms with E-state index in [1.165, 1.54) is 13.3 Å². The third-order valence-electron chi connectivity index (χ3n) is 5.83. The largest absolute Gasteiger partial charge is 0.495 e. The number of anilines is 2. The summed E-state index contributed by atoms with van der Waals surface area (Å²) in [7, 11) is 1.56. The van der Waals surface area contributed by atoms with Crippen LogP contribution in [-0.2, 0) is 14.3 Å². The van der Waals surface area contributed by atoms with Crippen molar-refractivity contribution >= 4 is 23.2 Å². The van der Waals surface area contributed by atoms with Crippen molar-refractivity contribution in [3.8, 4) is 5.75 Å². The van der Waals surface area contributed by atoms with Crippen LogP contribution in [-0.4, -0.2) is 81.2 Å². The molecular weight excluding hydrogens is 384 g/mol. The van der Waals surface area contributed by atoms with Crippen molar-refractivity contribution in [2.24, 2.45) is 5.92 Å². The number of amides is 2. The summed E-state index contributed by atoms with van der Waals surface area (Å²) < 4.78 is 10.7. The van der Waals surface area contributed by atoms with E-state index < -0.39 is 0 Å². The molecule has 0 unspecified atom stereocenters. The lowest BCUT2D eigenvalue weighted by Crippen LogP contribution is -2.41. The van der Waals surface area contributed by atoms with Crippen molar-refractivity contribution < 1.29 is 19.1 Å². The van der Waals surface area contributed by atoms with E-state index in [4.69, 9.17) is 9.47 Å². The summed E-state index contributed by atoms with van der Waals surface area (Å²) in [5, 5.41) is 5.65. The number of hydrogen-bond acceptors (Lipinski definition) is 6. The van der Waals surface area contributed by atoms with Crippen molar-refractivity contribution in [3.63, 3.8) is 0 Å². The van der Waals surface area contributed by atoms with Gasteiger partial charge in [0.15, 0.2) is 0 Å². The minimum Gasteiger partial charge on any atom is -0.495 e. The number of carbonyl (C=O) groups excluding carboxylic acids is 2. The highest BCUT2D eigenvalue weighted by Gasteiger charge is 2.22. The first-order chi connectivity index (χ1) is 14.5. The number of methoxy groups -OCH3 is 1. The number of benzene rings is 1. The van der Waals surface area contributed by atoms with Gasteiger partial charge in [-0.3, -0.25) is 19.4 Å². The molecule has 2 aliphatic heterocycles. The van der Waals surface area contributed by atoms with Crippen molar-refractivity contribution in [2.75, 3.05) is 70.2 Å². The molecule has 8 nitrogen and oxygen atoms in total. The van der Waals surface area contributed by atoms with Crippen LogP contribution in [0.15, 0.2) is 18.2 Å². The van der Waals surface area contributed by atoms with Crippen LogP contribution in [0.25, 0.3) is 0 Å². The van der Waals surface area contributed by atoms with E-state index in [0.717, 1.165) is 64.7 Å². The highest BCUT2D eigenvalue weighted by Crippen LogP contribution is 2.28. The molecule has 2 saturated heterocycles. The SMILES string of the molecule is COc1ccc(NC(C)=O)cc1NC(=O)CN1CCC(CCN2CCOCC2)CC1. The second-order valence-corrected chi connectivity index (χ2v) is 8.11. The van der Waals surface area contributed by atoms with E-state index in [-0.39, 0.29) is 11.8 Å². The molecule has 1 aromatic rings. The second kappa shape index (κ2) is 11.3. The van der Waals surface area contributed by atoms with Gasteiger partial charge >= 0.3 is 0 Å². The monoisotopic (exact) mass is 418 g/mol. The Balaban J connectivity index is 1.43. The van der Waals surface area contributed by atoms with Gasteiger partial charge in [-0.2, -0.15) is 0 Å². The Morgan fingerprint density at radius 2 is 1.83 bits per heavy atom. The van der Waals surface area contributed by atoms with Crippen molar-refractivity contribution in [3.05, 3.63) is 18.2 Å². The van der Waals surface area contributed by atoms with E-state index in [2.05, 4.69) is 20.4 Å². The minimum absolute atomic E-state index is 0.0694. The fourth-order valence-electron chi connectivity index (χ4n) is 4.10. The van der Waals surface area contributed by atoms with Crippen LogP contribution in [0.4, 0.5) is 11.4 Å². The first-order valence-corrected chi connectivity index (χ1v) is 10.8. The van der Waals surface area contributed by atoms with E-state index in [9.17, 15) is 9.59 Å². The Morgan fingerprint density at radius 1 is 1.10 bits per heavy atom. The molecule has 2 amide bonds. The predicted molar refractivity (Wildman–Crippen MR) is 117 cm³/mol. The second-order valence-electron chi connectivity index (χ2n) is 8.11. The van der Waals surface area contributed by atoms with Gasteiger partial charge in [-0.15, -0.1) is 0 Å². The van der Waals surface area contributed by atoms with Gasteiger partial charge in [0.2, 0.25) is 11.8 Å². The van der Waals surface area contributed by atoms with Crippen LogP contribution in [0.3, 0.4) is 0 Å². The highest BCUT2D eigenvalue weighted by atomic mass is 16.5. The lowest BCUT2D eigenvalue weighted by Gasteiger charge is -2.33. The number of nitrogens with one attached hydrogen (secondary N) is 2. The predicted octanol–water partition coefficient (Wildman–Crippen LogP) is 2.03. The maximum atomic E-state index is 12.6. The molecule has 0 atom stereocenters. The molecule has 2 fully saturated rings. The molecule has 3 rings (SSSR count). The molecular formula is C22H34N4O4. The van der Waals surface area contributed by atoms with Gasteiger partial charge in [0.1, 0.15) is 5.75 Å². The first-order valence-electron chi connectivity index (χ1n) is 10.8. The zero-order chi connectivity index (χ0) is 21.3. The third-order valence-corrected chi connectivity index (χ3v) is 5.83. The number of nitrogens with zero attached hydrogens (tertiary/aromatic N) is 2. The zero-order valence-electron chi connectivity index (χ0n) is 18.1. The molecule has 2 heterocycles. The number of hydrogen-bond donors (Lipinski definition) is 2. The fourth-order valence-corrected chi connectivity index (χ4v) is 4.10. The van der Waals surface area contributed by atoms with Crippen LogP contribution in [0, 0.1) is 5.92 Å². The van der Waals surface area contributed by atoms with Gasteiger partial charge in [0, 0.05) is 25.7 Å². The van der Waals surface area contributed by atoms with Crippen LogP contribution < -0.4 is 15.4 Å². The molecule has 2 aliphatic rings. The number of carbonyl (C=O) groups is 2. The van der Waals surface area contributed by atoms with Crippen molar-refractivity contribution in [1.29, 1.82) is 0 Å². The lowest BCUT2D eigenvalue weighted by molar-refractivity contribution is -0.117. The summed E-state index contributed by atoms with van der Waals surface area (Å²) in [6.45, 7) is 8.67. The fraction of sp³-hybridized carbons (Fsp3) is 0.636. The molecule has 1 aromatic carbocycles. The van der Waals surface area contributed by atoms with Gasteiger partial charge in [-0.1, -0.05) is 0 Å². The quantitative estimate of drug-likeness (QED) is 0.672. The number of morpholine rings is 1. The van der Waals surface area contributed by atoms with Crippen LogP contribution in [0.2, 0.25) is 0 Å². The summed E-state index contributed by atoms with van der Waals surface area (Å²) in [5.41, 5.74) is 1.19. The molecule has 0 aliphatic carbocycles. The van der Waals surface area contributed by atoms with E-state index in [1.54, 1.807) is 25.3 Å². The summed E-state index contributed by atoms with van der Waals surface area (Å²) >= 11 is 0. The van der Waals surface area contributed by atoms with Gasteiger partial charge in [0.25, 0.3) is 0 Å². The zero-order valence-corrected chi connectivity index (χ0v) is 18.1. The molecule has 30 heavy (non-hydrogen) atoms. The Hall–Kier alpha value is -2.16. The molecule has 0 radical (unpaired) electrons. The topological polar surface area (TPSA) is 83.1 Å². The summed E-state index contributed by atoms with van der Waals surface area (Å²) in [5.74, 6) is 1.08.